The van der Waals surface area contributed by atoms with Gasteiger partial charge in [0.25, 0.3) is 0 Å². The number of hydrogen-bond donors (Lipinski definition) is 1. The quantitative estimate of drug-likeness (QED) is 0.921. The molecule has 0 aliphatic rings. The molecule has 0 bridgehead atoms. The SMILES string of the molecule is COc1cc(C(N)c2cccc(Cl)c2)ccc1Cl. The summed E-state index contributed by atoms with van der Waals surface area (Å²) in [7, 11) is 1.58. The van der Waals surface area contributed by atoms with Crippen molar-refractivity contribution in [3.05, 3.63) is 63.6 Å². The standard InChI is InChI=1S/C14H13Cl2NO/c1-18-13-8-10(5-6-12(13)16)14(17)9-3-2-4-11(15)7-9/h2-8,14H,17H2,1H3. The number of hydrogen-bond acceptors (Lipinski definition) is 2. The highest BCUT2D eigenvalue weighted by Crippen LogP contribution is 2.29. The van der Waals surface area contributed by atoms with Crippen LogP contribution in [0.1, 0.15) is 17.2 Å². The van der Waals surface area contributed by atoms with Crippen molar-refractivity contribution in [1.29, 1.82) is 0 Å². The molecule has 2 N–H and O–H groups in total. The Hall–Kier alpha value is -1.22. The first kappa shape index (κ1) is 13.2. The molecule has 0 saturated heterocycles. The minimum atomic E-state index is -0.255. The Bertz CT molecular complexity index is 557. The Morgan fingerprint density at radius 3 is 2.44 bits per heavy atom. The van der Waals surface area contributed by atoms with Crippen LogP contribution in [0.15, 0.2) is 42.5 Å². The highest BCUT2D eigenvalue weighted by Gasteiger charge is 2.11. The normalized spacial score (nSPS) is 12.2. The molecule has 1 unspecified atom stereocenters. The van der Waals surface area contributed by atoms with Crippen LogP contribution < -0.4 is 10.5 Å². The van der Waals surface area contributed by atoms with E-state index in [2.05, 4.69) is 0 Å². The zero-order valence-electron chi connectivity index (χ0n) is 9.86. The summed E-state index contributed by atoms with van der Waals surface area (Å²) in [4.78, 5) is 0. The van der Waals surface area contributed by atoms with Crippen molar-refractivity contribution in [3.8, 4) is 5.75 Å². The van der Waals surface area contributed by atoms with Gasteiger partial charge in [0.2, 0.25) is 0 Å². The van der Waals surface area contributed by atoms with Crippen LogP contribution in [-0.4, -0.2) is 7.11 Å². The van der Waals surface area contributed by atoms with Crippen molar-refractivity contribution in [2.24, 2.45) is 5.73 Å². The Morgan fingerprint density at radius 1 is 1.06 bits per heavy atom. The van der Waals surface area contributed by atoms with Crippen LogP contribution in [0.5, 0.6) is 5.75 Å². The molecule has 94 valence electrons. The van der Waals surface area contributed by atoms with Crippen molar-refractivity contribution in [2.45, 2.75) is 6.04 Å². The highest BCUT2D eigenvalue weighted by atomic mass is 35.5. The summed E-state index contributed by atoms with van der Waals surface area (Å²) in [5.74, 6) is 0.617. The van der Waals surface area contributed by atoms with E-state index in [9.17, 15) is 0 Å². The molecule has 18 heavy (non-hydrogen) atoms. The molecule has 2 rings (SSSR count). The van der Waals surface area contributed by atoms with Gasteiger partial charge in [0.05, 0.1) is 18.2 Å². The summed E-state index contributed by atoms with van der Waals surface area (Å²) in [6.07, 6.45) is 0. The molecule has 0 aliphatic carbocycles. The lowest BCUT2D eigenvalue weighted by molar-refractivity contribution is 0.414. The van der Waals surface area contributed by atoms with Crippen LogP contribution in [-0.2, 0) is 0 Å². The molecule has 0 aliphatic heterocycles. The van der Waals surface area contributed by atoms with E-state index in [4.69, 9.17) is 33.7 Å². The van der Waals surface area contributed by atoms with Crippen molar-refractivity contribution in [1.82, 2.24) is 0 Å². The summed E-state index contributed by atoms with van der Waals surface area (Å²) in [6.45, 7) is 0. The van der Waals surface area contributed by atoms with Crippen molar-refractivity contribution < 1.29 is 4.74 Å². The smallest absolute Gasteiger partial charge is 0.137 e. The van der Waals surface area contributed by atoms with Gasteiger partial charge in [-0.1, -0.05) is 41.4 Å². The van der Waals surface area contributed by atoms with E-state index in [1.807, 2.05) is 36.4 Å². The minimum absolute atomic E-state index is 0.255. The molecular weight excluding hydrogens is 269 g/mol. The second kappa shape index (κ2) is 5.61. The second-order valence-corrected chi connectivity index (χ2v) is 4.77. The third-order valence-electron chi connectivity index (χ3n) is 2.74. The van der Waals surface area contributed by atoms with Gasteiger partial charge in [-0.3, -0.25) is 0 Å². The molecule has 0 amide bonds. The predicted molar refractivity (Wildman–Crippen MR) is 75.5 cm³/mol. The largest absolute Gasteiger partial charge is 0.495 e. The maximum absolute atomic E-state index is 6.20. The number of ether oxygens (including phenoxy) is 1. The van der Waals surface area contributed by atoms with E-state index in [1.165, 1.54) is 0 Å². The Morgan fingerprint density at radius 2 is 1.78 bits per heavy atom. The molecule has 0 radical (unpaired) electrons. The monoisotopic (exact) mass is 281 g/mol. The van der Waals surface area contributed by atoms with Crippen molar-refractivity contribution in [2.75, 3.05) is 7.11 Å². The molecule has 0 fully saturated rings. The number of methoxy groups -OCH3 is 1. The fourth-order valence-electron chi connectivity index (χ4n) is 1.76. The fraction of sp³-hybridized carbons (Fsp3) is 0.143. The Labute approximate surface area is 116 Å². The molecule has 0 heterocycles. The topological polar surface area (TPSA) is 35.2 Å². The molecular formula is C14H13Cl2NO. The zero-order chi connectivity index (χ0) is 13.1. The van der Waals surface area contributed by atoms with E-state index in [0.717, 1.165) is 11.1 Å². The first-order chi connectivity index (χ1) is 8.61. The van der Waals surface area contributed by atoms with Crippen molar-refractivity contribution >= 4 is 23.2 Å². The third-order valence-corrected chi connectivity index (χ3v) is 3.29. The fourth-order valence-corrected chi connectivity index (χ4v) is 2.16. The lowest BCUT2D eigenvalue weighted by Crippen LogP contribution is -2.11. The summed E-state index contributed by atoms with van der Waals surface area (Å²) >= 11 is 11.9. The molecule has 0 aromatic heterocycles. The number of nitrogens with two attached hydrogens (primary N) is 1. The van der Waals surface area contributed by atoms with E-state index < -0.39 is 0 Å². The second-order valence-electron chi connectivity index (χ2n) is 3.93. The van der Waals surface area contributed by atoms with E-state index in [-0.39, 0.29) is 6.04 Å². The van der Waals surface area contributed by atoms with Crippen molar-refractivity contribution in [3.63, 3.8) is 0 Å². The average Bonchev–Trinajstić information content (AvgIpc) is 2.38. The van der Waals surface area contributed by atoms with Gasteiger partial charge in [-0.2, -0.15) is 0 Å². The summed E-state index contributed by atoms with van der Waals surface area (Å²) in [5, 5.41) is 1.24. The molecule has 0 spiro atoms. The number of benzene rings is 2. The van der Waals surface area contributed by atoms with Crippen LogP contribution in [0.3, 0.4) is 0 Å². The lowest BCUT2D eigenvalue weighted by atomic mass is 9.99. The highest BCUT2D eigenvalue weighted by molar-refractivity contribution is 6.32. The van der Waals surface area contributed by atoms with Gasteiger partial charge < -0.3 is 10.5 Å². The third kappa shape index (κ3) is 2.78. The van der Waals surface area contributed by atoms with Crippen LogP contribution in [0, 0.1) is 0 Å². The summed E-state index contributed by atoms with van der Waals surface area (Å²) < 4.78 is 5.18. The van der Waals surface area contributed by atoms with Crippen LogP contribution in [0.4, 0.5) is 0 Å². The average molecular weight is 282 g/mol. The summed E-state index contributed by atoms with van der Waals surface area (Å²) in [5.41, 5.74) is 8.08. The molecule has 0 saturated carbocycles. The van der Waals surface area contributed by atoms with Gasteiger partial charge >= 0.3 is 0 Å². The summed E-state index contributed by atoms with van der Waals surface area (Å²) in [6, 6.07) is 12.7. The van der Waals surface area contributed by atoms with E-state index >= 15 is 0 Å². The van der Waals surface area contributed by atoms with Gasteiger partial charge in [-0.25, -0.2) is 0 Å². The number of halogens is 2. The van der Waals surface area contributed by atoms with Crippen LogP contribution >= 0.6 is 23.2 Å². The van der Waals surface area contributed by atoms with Gasteiger partial charge in [0.15, 0.2) is 0 Å². The molecule has 2 aromatic carbocycles. The Kier molecular flexibility index (Phi) is 4.12. The van der Waals surface area contributed by atoms with E-state index in [0.29, 0.717) is 15.8 Å². The molecule has 1 atom stereocenters. The van der Waals surface area contributed by atoms with Crippen LogP contribution in [0.2, 0.25) is 10.0 Å². The predicted octanol–water partition coefficient (Wildman–Crippen LogP) is 4.05. The first-order valence-electron chi connectivity index (χ1n) is 5.46. The zero-order valence-corrected chi connectivity index (χ0v) is 11.4. The van der Waals surface area contributed by atoms with Gasteiger partial charge in [0.1, 0.15) is 5.75 Å². The van der Waals surface area contributed by atoms with E-state index in [1.54, 1.807) is 13.2 Å². The van der Waals surface area contributed by atoms with Gasteiger partial charge in [-0.05, 0) is 35.4 Å². The Balaban J connectivity index is 2.36. The lowest BCUT2D eigenvalue weighted by Gasteiger charge is -2.14. The maximum Gasteiger partial charge on any atom is 0.137 e. The van der Waals surface area contributed by atoms with Crippen LogP contribution in [0.25, 0.3) is 0 Å². The van der Waals surface area contributed by atoms with Gasteiger partial charge in [-0.15, -0.1) is 0 Å². The maximum atomic E-state index is 6.20. The number of rotatable bonds is 3. The molecule has 4 heteroatoms. The van der Waals surface area contributed by atoms with Gasteiger partial charge in [0, 0.05) is 5.02 Å². The minimum Gasteiger partial charge on any atom is -0.495 e. The first-order valence-corrected chi connectivity index (χ1v) is 6.22. The molecule has 2 aromatic rings. The molecule has 2 nitrogen and oxygen atoms in total.